The first kappa shape index (κ1) is 10.6. The van der Waals surface area contributed by atoms with E-state index in [2.05, 4.69) is 4.72 Å². The standard InChI is InChI=1S/C10H14N2O2S/c11-7-8-2-1-3-10(6-8)15(13,14)12-9-4-5-9/h1-3,6,9,12H,4-5,7,11H2. The Kier molecular flexibility index (Phi) is 2.77. The summed E-state index contributed by atoms with van der Waals surface area (Å²) < 4.78 is 26.2. The molecule has 1 saturated carbocycles. The third-order valence-electron chi connectivity index (χ3n) is 2.34. The Morgan fingerprint density at radius 3 is 2.73 bits per heavy atom. The zero-order valence-electron chi connectivity index (χ0n) is 8.31. The maximum atomic E-state index is 11.8. The lowest BCUT2D eigenvalue weighted by Gasteiger charge is -2.06. The second-order valence-corrected chi connectivity index (χ2v) is 5.46. The number of rotatable bonds is 4. The zero-order chi connectivity index (χ0) is 10.9. The van der Waals surface area contributed by atoms with E-state index in [9.17, 15) is 8.42 Å². The van der Waals surface area contributed by atoms with Crippen molar-refractivity contribution < 1.29 is 8.42 Å². The molecule has 15 heavy (non-hydrogen) atoms. The van der Waals surface area contributed by atoms with Gasteiger partial charge in [0.15, 0.2) is 0 Å². The van der Waals surface area contributed by atoms with Crippen molar-refractivity contribution in [2.45, 2.75) is 30.3 Å². The van der Waals surface area contributed by atoms with Gasteiger partial charge in [0.25, 0.3) is 0 Å². The molecule has 0 radical (unpaired) electrons. The Hall–Kier alpha value is -0.910. The molecular weight excluding hydrogens is 212 g/mol. The van der Waals surface area contributed by atoms with Crippen LogP contribution < -0.4 is 10.5 Å². The summed E-state index contributed by atoms with van der Waals surface area (Å²) in [5.41, 5.74) is 6.29. The fourth-order valence-corrected chi connectivity index (χ4v) is 2.70. The topological polar surface area (TPSA) is 72.2 Å². The van der Waals surface area contributed by atoms with Crippen LogP contribution in [0.4, 0.5) is 0 Å². The smallest absolute Gasteiger partial charge is 0.240 e. The minimum absolute atomic E-state index is 0.136. The van der Waals surface area contributed by atoms with E-state index in [-0.39, 0.29) is 6.04 Å². The molecule has 1 aromatic carbocycles. The molecule has 1 aliphatic rings. The maximum Gasteiger partial charge on any atom is 0.240 e. The van der Waals surface area contributed by atoms with Crippen LogP contribution in [0.2, 0.25) is 0 Å². The normalized spacial score (nSPS) is 16.6. The summed E-state index contributed by atoms with van der Waals surface area (Å²) in [5.74, 6) is 0. The quantitative estimate of drug-likeness (QED) is 0.789. The fraction of sp³-hybridized carbons (Fsp3) is 0.400. The van der Waals surface area contributed by atoms with Gasteiger partial charge < -0.3 is 5.73 Å². The van der Waals surface area contributed by atoms with Gasteiger partial charge in [-0.15, -0.1) is 0 Å². The molecule has 0 heterocycles. The third-order valence-corrected chi connectivity index (χ3v) is 3.86. The van der Waals surface area contributed by atoms with Crippen molar-refractivity contribution in [3.8, 4) is 0 Å². The lowest BCUT2D eigenvalue weighted by molar-refractivity contribution is 0.581. The summed E-state index contributed by atoms with van der Waals surface area (Å²) >= 11 is 0. The van der Waals surface area contributed by atoms with Gasteiger partial charge in [0.1, 0.15) is 0 Å². The molecule has 5 heteroatoms. The fourth-order valence-electron chi connectivity index (χ4n) is 1.33. The molecule has 0 unspecified atom stereocenters. The van der Waals surface area contributed by atoms with Gasteiger partial charge in [0, 0.05) is 12.6 Å². The van der Waals surface area contributed by atoms with E-state index in [0.29, 0.717) is 11.4 Å². The number of nitrogens with two attached hydrogens (primary N) is 1. The number of sulfonamides is 1. The minimum atomic E-state index is -3.34. The van der Waals surface area contributed by atoms with E-state index in [0.717, 1.165) is 18.4 Å². The molecule has 0 atom stereocenters. The molecule has 0 aromatic heterocycles. The second kappa shape index (κ2) is 3.92. The predicted molar refractivity (Wildman–Crippen MR) is 57.7 cm³/mol. The van der Waals surface area contributed by atoms with Crippen LogP contribution in [0.1, 0.15) is 18.4 Å². The predicted octanol–water partition coefficient (Wildman–Crippen LogP) is 0.586. The van der Waals surface area contributed by atoms with Crippen molar-refractivity contribution in [2.75, 3.05) is 0 Å². The Balaban J connectivity index is 2.26. The largest absolute Gasteiger partial charge is 0.326 e. The van der Waals surface area contributed by atoms with Gasteiger partial charge in [-0.3, -0.25) is 0 Å². The van der Waals surface area contributed by atoms with Crippen LogP contribution in [0.5, 0.6) is 0 Å². The first-order chi connectivity index (χ1) is 7.12. The van der Waals surface area contributed by atoms with Crippen molar-refractivity contribution in [2.24, 2.45) is 5.73 Å². The van der Waals surface area contributed by atoms with E-state index in [4.69, 9.17) is 5.73 Å². The van der Waals surface area contributed by atoms with Crippen LogP contribution >= 0.6 is 0 Å². The van der Waals surface area contributed by atoms with Crippen molar-refractivity contribution >= 4 is 10.0 Å². The minimum Gasteiger partial charge on any atom is -0.326 e. The van der Waals surface area contributed by atoms with Gasteiger partial charge in [-0.2, -0.15) is 0 Å². The summed E-state index contributed by atoms with van der Waals surface area (Å²) in [7, 11) is -3.34. The molecule has 0 spiro atoms. The monoisotopic (exact) mass is 226 g/mol. The van der Waals surface area contributed by atoms with E-state index in [1.165, 1.54) is 0 Å². The van der Waals surface area contributed by atoms with E-state index in [1.54, 1.807) is 18.2 Å². The summed E-state index contributed by atoms with van der Waals surface area (Å²) in [6, 6.07) is 6.87. The Labute approximate surface area is 89.5 Å². The van der Waals surface area contributed by atoms with Crippen LogP contribution in [0.25, 0.3) is 0 Å². The van der Waals surface area contributed by atoms with Crippen LogP contribution in [0.15, 0.2) is 29.2 Å². The van der Waals surface area contributed by atoms with Crippen molar-refractivity contribution in [3.05, 3.63) is 29.8 Å². The second-order valence-electron chi connectivity index (χ2n) is 3.75. The highest BCUT2D eigenvalue weighted by molar-refractivity contribution is 7.89. The Morgan fingerprint density at radius 2 is 2.13 bits per heavy atom. The van der Waals surface area contributed by atoms with Gasteiger partial charge in [-0.25, -0.2) is 13.1 Å². The number of benzene rings is 1. The average molecular weight is 226 g/mol. The molecular formula is C10H14N2O2S. The highest BCUT2D eigenvalue weighted by atomic mass is 32.2. The summed E-state index contributed by atoms with van der Waals surface area (Å²) in [5, 5.41) is 0. The van der Waals surface area contributed by atoms with E-state index >= 15 is 0 Å². The molecule has 0 amide bonds. The Bertz CT molecular complexity index is 452. The first-order valence-electron chi connectivity index (χ1n) is 4.93. The SMILES string of the molecule is NCc1cccc(S(=O)(=O)NC2CC2)c1. The van der Waals surface area contributed by atoms with Crippen molar-refractivity contribution in [1.29, 1.82) is 0 Å². The summed E-state index contributed by atoms with van der Waals surface area (Å²) in [6.45, 7) is 0.354. The lowest BCUT2D eigenvalue weighted by atomic mass is 10.2. The van der Waals surface area contributed by atoms with Gasteiger partial charge >= 0.3 is 0 Å². The van der Waals surface area contributed by atoms with Gasteiger partial charge in [0.2, 0.25) is 10.0 Å². The van der Waals surface area contributed by atoms with Crippen LogP contribution in [0, 0.1) is 0 Å². The number of hydrogen-bond acceptors (Lipinski definition) is 3. The lowest BCUT2D eigenvalue weighted by Crippen LogP contribution is -2.25. The molecule has 0 saturated heterocycles. The molecule has 0 bridgehead atoms. The highest BCUT2D eigenvalue weighted by Gasteiger charge is 2.27. The van der Waals surface area contributed by atoms with Crippen molar-refractivity contribution in [1.82, 2.24) is 4.72 Å². The number of hydrogen-bond donors (Lipinski definition) is 2. The molecule has 2 rings (SSSR count). The van der Waals surface area contributed by atoms with E-state index in [1.807, 2.05) is 6.07 Å². The molecule has 1 aliphatic carbocycles. The molecule has 1 aromatic rings. The van der Waals surface area contributed by atoms with Crippen molar-refractivity contribution in [3.63, 3.8) is 0 Å². The molecule has 1 fully saturated rings. The Morgan fingerprint density at radius 1 is 1.40 bits per heavy atom. The van der Waals surface area contributed by atoms with Gasteiger partial charge in [0.05, 0.1) is 4.90 Å². The van der Waals surface area contributed by atoms with Crippen LogP contribution in [-0.4, -0.2) is 14.5 Å². The zero-order valence-corrected chi connectivity index (χ0v) is 9.13. The molecule has 0 aliphatic heterocycles. The maximum absolute atomic E-state index is 11.8. The van der Waals surface area contributed by atoms with Crippen LogP contribution in [-0.2, 0) is 16.6 Å². The summed E-state index contributed by atoms with van der Waals surface area (Å²) in [4.78, 5) is 0.303. The first-order valence-corrected chi connectivity index (χ1v) is 6.41. The molecule has 3 N–H and O–H groups in total. The number of nitrogens with one attached hydrogen (secondary N) is 1. The van der Waals surface area contributed by atoms with E-state index < -0.39 is 10.0 Å². The summed E-state index contributed by atoms with van der Waals surface area (Å²) in [6.07, 6.45) is 1.88. The molecule has 4 nitrogen and oxygen atoms in total. The molecule has 82 valence electrons. The highest BCUT2D eigenvalue weighted by Crippen LogP contribution is 2.22. The van der Waals surface area contributed by atoms with Gasteiger partial charge in [-0.05, 0) is 30.5 Å². The average Bonchev–Trinajstić information content (AvgIpc) is 3.01. The third kappa shape index (κ3) is 2.56. The van der Waals surface area contributed by atoms with Crippen LogP contribution in [0.3, 0.4) is 0 Å². The van der Waals surface area contributed by atoms with Gasteiger partial charge in [-0.1, -0.05) is 12.1 Å².